The van der Waals surface area contributed by atoms with Crippen LogP contribution in [0.25, 0.3) is 0 Å². The second kappa shape index (κ2) is 8.01. The molecule has 24 heavy (non-hydrogen) atoms. The molecule has 6 heteroatoms. The summed E-state index contributed by atoms with van der Waals surface area (Å²) in [7, 11) is 1.54. The van der Waals surface area contributed by atoms with Crippen molar-refractivity contribution in [2.24, 2.45) is 5.10 Å². The Morgan fingerprint density at radius 2 is 2.04 bits per heavy atom. The SMILES string of the molecule is COc1ccc(O)c(/C=N/NC(=O)C(C)Nc2ccccc2C)c1. The molecule has 0 radical (unpaired) electrons. The minimum absolute atomic E-state index is 0.0554. The summed E-state index contributed by atoms with van der Waals surface area (Å²) in [5, 5.41) is 16.8. The van der Waals surface area contributed by atoms with Gasteiger partial charge in [-0.3, -0.25) is 4.79 Å². The monoisotopic (exact) mass is 327 g/mol. The number of anilines is 1. The predicted octanol–water partition coefficient (Wildman–Crippen LogP) is 2.66. The van der Waals surface area contributed by atoms with Gasteiger partial charge in [0.15, 0.2) is 0 Å². The van der Waals surface area contributed by atoms with E-state index in [1.54, 1.807) is 19.1 Å². The Kier molecular flexibility index (Phi) is 5.78. The number of aryl methyl sites for hydroxylation is 1. The van der Waals surface area contributed by atoms with Gasteiger partial charge in [-0.15, -0.1) is 0 Å². The smallest absolute Gasteiger partial charge is 0.262 e. The average molecular weight is 327 g/mol. The largest absolute Gasteiger partial charge is 0.507 e. The molecule has 126 valence electrons. The van der Waals surface area contributed by atoms with Crippen LogP contribution in [0.4, 0.5) is 5.69 Å². The Hall–Kier alpha value is -3.02. The van der Waals surface area contributed by atoms with Gasteiger partial charge in [-0.1, -0.05) is 18.2 Å². The Balaban J connectivity index is 1.96. The van der Waals surface area contributed by atoms with E-state index in [-0.39, 0.29) is 11.7 Å². The minimum Gasteiger partial charge on any atom is -0.507 e. The standard InChI is InChI=1S/C18H21N3O3/c1-12-6-4-5-7-16(12)20-13(2)18(23)21-19-11-14-10-15(24-3)8-9-17(14)22/h4-11,13,20,22H,1-3H3,(H,21,23)/b19-11+. The Morgan fingerprint density at radius 1 is 1.29 bits per heavy atom. The number of para-hydroxylation sites is 1. The van der Waals surface area contributed by atoms with E-state index < -0.39 is 6.04 Å². The number of carbonyl (C=O) groups excluding carboxylic acids is 1. The maximum atomic E-state index is 12.1. The van der Waals surface area contributed by atoms with Gasteiger partial charge in [-0.25, -0.2) is 5.43 Å². The number of benzene rings is 2. The lowest BCUT2D eigenvalue weighted by Crippen LogP contribution is -2.35. The van der Waals surface area contributed by atoms with Gasteiger partial charge in [-0.2, -0.15) is 5.10 Å². The molecule has 2 aromatic carbocycles. The molecule has 1 atom stereocenters. The molecular weight excluding hydrogens is 306 g/mol. The summed E-state index contributed by atoms with van der Waals surface area (Å²) in [6.45, 7) is 3.72. The van der Waals surface area contributed by atoms with Gasteiger partial charge < -0.3 is 15.2 Å². The first-order valence-electron chi connectivity index (χ1n) is 7.53. The number of carbonyl (C=O) groups is 1. The number of hydrazone groups is 1. The van der Waals surface area contributed by atoms with Crippen molar-refractivity contribution in [3.05, 3.63) is 53.6 Å². The number of ether oxygens (including phenoxy) is 1. The maximum Gasteiger partial charge on any atom is 0.262 e. The minimum atomic E-state index is -0.456. The van der Waals surface area contributed by atoms with Crippen LogP contribution in [-0.2, 0) is 4.79 Å². The van der Waals surface area contributed by atoms with Crippen molar-refractivity contribution >= 4 is 17.8 Å². The van der Waals surface area contributed by atoms with Crippen LogP contribution in [-0.4, -0.2) is 30.4 Å². The Morgan fingerprint density at radius 3 is 2.75 bits per heavy atom. The number of phenols is 1. The van der Waals surface area contributed by atoms with Crippen molar-refractivity contribution < 1.29 is 14.6 Å². The summed E-state index contributed by atoms with van der Waals surface area (Å²) >= 11 is 0. The Bertz CT molecular complexity index is 744. The lowest BCUT2D eigenvalue weighted by atomic mass is 10.2. The fraction of sp³-hybridized carbons (Fsp3) is 0.222. The number of phenolic OH excluding ortho intramolecular Hbond substituents is 1. The van der Waals surface area contributed by atoms with Crippen LogP contribution in [0.1, 0.15) is 18.1 Å². The highest BCUT2D eigenvalue weighted by molar-refractivity contribution is 5.88. The van der Waals surface area contributed by atoms with Gasteiger partial charge in [-0.05, 0) is 43.7 Å². The van der Waals surface area contributed by atoms with E-state index in [9.17, 15) is 9.90 Å². The first kappa shape index (κ1) is 17.3. The zero-order chi connectivity index (χ0) is 17.5. The zero-order valence-electron chi connectivity index (χ0n) is 13.9. The predicted molar refractivity (Wildman–Crippen MR) is 94.7 cm³/mol. The lowest BCUT2D eigenvalue weighted by Gasteiger charge is -2.15. The van der Waals surface area contributed by atoms with Crippen LogP contribution in [0, 0.1) is 6.92 Å². The van der Waals surface area contributed by atoms with Crippen molar-refractivity contribution in [1.29, 1.82) is 0 Å². The van der Waals surface area contributed by atoms with Gasteiger partial charge >= 0.3 is 0 Å². The highest BCUT2D eigenvalue weighted by Gasteiger charge is 2.12. The van der Waals surface area contributed by atoms with Gasteiger partial charge in [0.25, 0.3) is 5.91 Å². The molecule has 0 saturated heterocycles. The third-order valence-corrected chi connectivity index (χ3v) is 3.52. The normalized spacial score (nSPS) is 12.0. The van der Waals surface area contributed by atoms with Crippen molar-refractivity contribution in [2.75, 3.05) is 12.4 Å². The molecule has 2 aromatic rings. The molecule has 0 heterocycles. The van der Waals surface area contributed by atoms with Crippen LogP contribution >= 0.6 is 0 Å². The van der Waals surface area contributed by atoms with Gasteiger partial charge in [0.2, 0.25) is 0 Å². The van der Waals surface area contributed by atoms with E-state index in [0.717, 1.165) is 11.3 Å². The van der Waals surface area contributed by atoms with Crippen LogP contribution in [0.15, 0.2) is 47.6 Å². The fourth-order valence-electron chi connectivity index (χ4n) is 2.06. The van der Waals surface area contributed by atoms with Crippen molar-refractivity contribution in [3.63, 3.8) is 0 Å². The molecule has 2 rings (SSSR count). The second-order valence-corrected chi connectivity index (χ2v) is 5.34. The van der Waals surface area contributed by atoms with E-state index in [2.05, 4.69) is 15.8 Å². The van der Waals surface area contributed by atoms with Crippen molar-refractivity contribution in [3.8, 4) is 11.5 Å². The van der Waals surface area contributed by atoms with Crippen LogP contribution in [0.2, 0.25) is 0 Å². The summed E-state index contributed by atoms with van der Waals surface area (Å²) in [5.74, 6) is 0.368. The summed E-state index contributed by atoms with van der Waals surface area (Å²) in [6.07, 6.45) is 1.37. The number of nitrogens with zero attached hydrogens (tertiary/aromatic N) is 1. The van der Waals surface area contributed by atoms with E-state index in [0.29, 0.717) is 11.3 Å². The number of hydrogen-bond donors (Lipinski definition) is 3. The molecule has 0 bridgehead atoms. The number of amides is 1. The quantitative estimate of drug-likeness (QED) is 0.563. The summed E-state index contributed by atoms with van der Waals surface area (Å²) in [4.78, 5) is 12.1. The molecule has 1 unspecified atom stereocenters. The lowest BCUT2D eigenvalue weighted by molar-refractivity contribution is -0.121. The molecule has 0 fully saturated rings. The highest BCUT2D eigenvalue weighted by Crippen LogP contribution is 2.21. The molecule has 0 aliphatic carbocycles. The first-order chi connectivity index (χ1) is 11.5. The maximum absolute atomic E-state index is 12.1. The van der Waals surface area contributed by atoms with Crippen LogP contribution < -0.4 is 15.5 Å². The summed E-state index contributed by atoms with van der Waals surface area (Å²) < 4.78 is 5.08. The van der Waals surface area contributed by atoms with E-state index in [1.807, 2.05) is 31.2 Å². The molecule has 0 aromatic heterocycles. The van der Waals surface area contributed by atoms with E-state index >= 15 is 0 Å². The Labute approximate surface area is 141 Å². The van der Waals surface area contributed by atoms with Crippen LogP contribution in [0.5, 0.6) is 11.5 Å². The fourth-order valence-corrected chi connectivity index (χ4v) is 2.06. The molecule has 6 nitrogen and oxygen atoms in total. The number of aromatic hydroxyl groups is 1. The third-order valence-electron chi connectivity index (χ3n) is 3.52. The topological polar surface area (TPSA) is 83.0 Å². The van der Waals surface area contributed by atoms with Gasteiger partial charge in [0, 0.05) is 11.3 Å². The molecular formula is C18H21N3O3. The summed E-state index contributed by atoms with van der Waals surface area (Å²) in [6, 6.07) is 12.0. The molecule has 1 amide bonds. The first-order valence-corrected chi connectivity index (χ1v) is 7.53. The third kappa shape index (κ3) is 4.49. The zero-order valence-corrected chi connectivity index (χ0v) is 13.9. The molecule has 0 aliphatic heterocycles. The number of methoxy groups -OCH3 is 1. The van der Waals surface area contributed by atoms with Crippen LogP contribution in [0.3, 0.4) is 0 Å². The van der Waals surface area contributed by atoms with Gasteiger partial charge in [0.1, 0.15) is 17.5 Å². The van der Waals surface area contributed by atoms with Crippen molar-refractivity contribution in [1.82, 2.24) is 5.43 Å². The number of rotatable bonds is 6. The molecule has 0 spiro atoms. The van der Waals surface area contributed by atoms with E-state index in [1.165, 1.54) is 19.4 Å². The van der Waals surface area contributed by atoms with Crippen molar-refractivity contribution in [2.45, 2.75) is 19.9 Å². The van der Waals surface area contributed by atoms with Gasteiger partial charge in [0.05, 0.1) is 13.3 Å². The molecule has 3 N–H and O–H groups in total. The van der Waals surface area contributed by atoms with E-state index in [4.69, 9.17) is 4.74 Å². The highest BCUT2D eigenvalue weighted by atomic mass is 16.5. The number of hydrogen-bond acceptors (Lipinski definition) is 5. The summed E-state index contributed by atoms with van der Waals surface area (Å²) in [5.41, 5.74) is 4.86. The average Bonchev–Trinajstić information content (AvgIpc) is 2.58. The molecule has 0 aliphatic rings. The second-order valence-electron chi connectivity index (χ2n) is 5.34. The molecule has 0 saturated carbocycles. The number of nitrogens with one attached hydrogen (secondary N) is 2.